The zero-order valence-corrected chi connectivity index (χ0v) is 21.4. The summed E-state index contributed by atoms with van der Waals surface area (Å²) in [5, 5.41) is 10.00. The van der Waals surface area contributed by atoms with Crippen LogP contribution in [0.15, 0.2) is 113 Å². The van der Waals surface area contributed by atoms with Crippen LogP contribution in [0, 0.1) is 6.92 Å². The van der Waals surface area contributed by atoms with Crippen molar-refractivity contribution in [2.45, 2.75) is 6.92 Å². The molecule has 8 nitrogen and oxygen atoms in total. The summed E-state index contributed by atoms with van der Waals surface area (Å²) >= 11 is 0. The smallest absolute Gasteiger partial charge is 0.282 e. The maximum Gasteiger partial charge on any atom is 0.282 e. The molecule has 190 valence electrons. The number of hydrogen-bond donors (Lipinski definition) is 0. The van der Waals surface area contributed by atoms with Crippen molar-refractivity contribution in [3.05, 3.63) is 125 Å². The van der Waals surface area contributed by atoms with Gasteiger partial charge in [-0.3, -0.25) is 9.78 Å². The molecule has 0 radical (unpaired) electrons. The number of fused-ring (bicyclic) bond motifs is 1. The zero-order chi connectivity index (χ0) is 26.8. The summed E-state index contributed by atoms with van der Waals surface area (Å²) in [7, 11) is 1.59. The molecule has 6 aromatic rings. The Balaban J connectivity index is 1.55. The van der Waals surface area contributed by atoms with E-state index in [0.717, 1.165) is 22.4 Å². The third-order valence-corrected chi connectivity index (χ3v) is 6.41. The number of hydrogen-bond acceptors (Lipinski definition) is 6. The first-order valence-electron chi connectivity index (χ1n) is 12.4. The summed E-state index contributed by atoms with van der Waals surface area (Å²) in [5.74, 6) is 0.970. The van der Waals surface area contributed by atoms with Gasteiger partial charge in [-0.1, -0.05) is 42.0 Å². The predicted octanol–water partition coefficient (Wildman–Crippen LogP) is 5.51. The molecule has 0 saturated heterocycles. The molecule has 0 unspecified atom stereocenters. The average molecular weight is 513 g/mol. The van der Waals surface area contributed by atoms with Gasteiger partial charge in [0.25, 0.3) is 5.56 Å². The van der Waals surface area contributed by atoms with Crippen molar-refractivity contribution in [3.8, 4) is 34.1 Å². The second-order valence-electron chi connectivity index (χ2n) is 8.96. The highest BCUT2D eigenvalue weighted by Crippen LogP contribution is 2.29. The van der Waals surface area contributed by atoms with Crippen LogP contribution in [0.2, 0.25) is 0 Å². The van der Waals surface area contributed by atoms with E-state index in [0.29, 0.717) is 33.7 Å². The molecular weight excluding hydrogens is 488 g/mol. The Morgan fingerprint density at radius 1 is 0.897 bits per heavy atom. The van der Waals surface area contributed by atoms with Gasteiger partial charge in [0.1, 0.15) is 11.4 Å². The Hall–Kier alpha value is -5.37. The molecule has 0 bridgehead atoms. The quantitative estimate of drug-likeness (QED) is 0.275. The van der Waals surface area contributed by atoms with Crippen LogP contribution in [0.5, 0.6) is 5.75 Å². The van der Waals surface area contributed by atoms with Crippen LogP contribution in [0.4, 0.5) is 0 Å². The van der Waals surface area contributed by atoms with Gasteiger partial charge in [-0.15, -0.1) is 0 Å². The number of nitrogens with zero attached hydrogens (tertiary/aromatic N) is 6. The molecule has 3 heterocycles. The van der Waals surface area contributed by atoms with Crippen LogP contribution in [-0.2, 0) is 0 Å². The molecule has 0 N–H and O–H groups in total. The average Bonchev–Trinajstić information content (AvgIpc) is 3.41. The van der Waals surface area contributed by atoms with Gasteiger partial charge >= 0.3 is 0 Å². The van der Waals surface area contributed by atoms with E-state index in [1.54, 1.807) is 36.5 Å². The molecule has 0 spiro atoms. The minimum Gasteiger partial charge on any atom is -0.496 e. The molecule has 0 fully saturated rings. The third-order valence-electron chi connectivity index (χ3n) is 6.41. The van der Waals surface area contributed by atoms with Gasteiger partial charge in [0.15, 0.2) is 5.82 Å². The van der Waals surface area contributed by atoms with Gasteiger partial charge in [0.2, 0.25) is 0 Å². The zero-order valence-electron chi connectivity index (χ0n) is 21.4. The Morgan fingerprint density at radius 2 is 1.64 bits per heavy atom. The molecule has 8 heteroatoms. The van der Waals surface area contributed by atoms with Crippen molar-refractivity contribution in [2.24, 2.45) is 5.10 Å². The van der Waals surface area contributed by atoms with Gasteiger partial charge < -0.3 is 4.74 Å². The molecule has 0 saturated carbocycles. The highest BCUT2D eigenvalue weighted by atomic mass is 16.5. The molecule has 0 aliphatic rings. The second-order valence-corrected chi connectivity index (χ2v) is 8.96. The Bertz CT molecular complexity index is 1870. The van der Waals surface area contributed by atoms with Crippen LogP contribution >= 0.6 is 0 Å². The standard InChI is InChI=1S/C31H24N6O2/c1-21-11-13-24(14-12-21)36-20-23(29(35-36)22-15-17-32-18-16-22)19-33-37-30(26-8-4-6-10-28(26)39-2)34-27-9-5-3-7-25(27)31(37)38/h3-20H,1-2H3/b33-19+. The molecule has 0 atom stereocenters. The number of rotatable bonds is 6. The van der Waals surface area contributed by atoms with Gasteiger partial charge in [-0.25, -0.2) is 9.67 Å². The summed E-state index contributed by atoms with van der Waals surface area (Å²) in [6.07, 6.45) is 6.98. The van der Waals surface area contributed by atoms with E-state index in [2.05, 4.69) is 10.1 Å². The number of ether oxygens (including phenoxy) is 1. The van der Waals surface area contributed by atoms with Gasteiger partial charge in [-0.2, -0.15) is 14.9 Å². The molecule has 3 aromatic carbocycles. The van der Waals surface area contributed by atoms with E-state index in [4.69, 9.17) is 14.8 Å². The van der Waals surface area contributed by atoms with Crippen LogP contribution < -0.4 is 10.3 Å². The second kappa shape index (κ2) is 10.2. The highest BCUT2D eigenvalue weighted by Gasteiger charge is 2.17. The molecule has 0 aliphatic carbocycles. The number of benzene rings is 3. The maximum absolute atomic E-state index is 13.7. The van der Waals surface area contributed by atoms with Crippen LogP contribution in [0.1, 0.15) is 11.1 Å². The minimum absolute atomic E-state index is 0.283. The molecule has 3 aromatic heterocycles. The number of para-hydroxylation sites is 2. The first-order chi connectivity index (χ1) is 19.1. The van der Waals surface area contributed by atoms with Crippen molar-refractivity contribution in [2.75, 3.05) is 7.11 Å². The SMILES string of the molecule is COc1ccccc1-c1nc2ccccc2c(=O)n1/N=C/c1cn(-c2ccc(C)cc2)nc1-c1ccncc1. The normalized spacial score (nSPS) is 11.3. The van der Waals surface area contributed by atoms with Gasteiger partial charge in [0.05, 0.1) is 35.5 Å². The summed E-state index contributed by atoms with van der Waals surface area (Å²) in [6, 6.07) is 26.6. The molecule has 39 heavy (non-hydrogen) atoms. The van der Waals surface area contributed by atoms with Crippen LogP contribution in [-0.4, -0.2) is 37.7 Å². The van der Waals surface area contributed by atoms with Crippen molar-refractivity contribution in [3.63, 3.8) is 0 Å². The largest absolute Gasteiger partial charge is 0.496 e. The van der Waals surface area contributed by atoms with Crippen LogP contribution in [0.25, 0.3) is 39.2 Å². The van der Waals surface area contributed by atoms with E-state index in [9.17, 15) is 4.79 Å². The number of pyridine rings is 1. The van der Waals surface area contributed by atoms with Crippen molar-refractivity contribution in [1.82, 2.24) is 24.4 Å². The summed E-state index contributed by atoms with van der Waals surface area (Å²) < 4.78 is 8.70. The first kappa shape index (κ1) is 24.0. The molecule has 6 rings (SSSR count). The van der Waals surface area contributed by atoms with Crippen molar-refractivity contribution >= 4 is 17.1 Å². The number of aromatic nitrogens is 5. The lowest BCUT2D eigenvalue weighted by atomic mass is 10.1. The van der Waals surface area contributed by atoms with Crippen molar-refractivity contribution in [1.29, 1.82) is 0 Å². The monoisotopic (exact) mass is 512 g/mol. The first-order valence-corrected chi connectivity index (χ1v) is 12.4. The number of aryl methyl sites for hydroxylation is 1. The van der Waals surface area contributed by atoms with Crippen LogP contribution in [0.3, 0.4) is 0 Å². The lowest BCUT2D eigenvalue weighted by Gasteiger charge is -2.12. The van der Waals surface area contributed by atoms with Crippen molar-refractivity contribution < 1.29 is 4.74 Å². The third kappa shape index (κ3) is 4.59. The maximum atomic E-state index is 13.7. The van der Waals surface area contributed by atoms with E-state index < -0.39 is 0 Å². The summed E-state index contributed by atoms with van der Waals surface area (Å²) in [4.78, 5) is 22.6. The van der Waals surface area contributed by atoms with E-state index in [1.807, 2.05) is 92.0 Å². The predicted molar refractivity (Wildman–Crippen MR) is 153 cm³/mol. The van der Waals surface area contributed by atoms with Gasteiger partial charge in [-0.05, 0) is 55.5 Å². The highest BCUT2D eigenvalue weighted by molar-refractivity contribution is 5.89. The van der Waals surface area contributed by atoms with E-state index in [1.165, 1.54) is 4.68 Å². The Kier molecular flexibility index (Phi) is 6.26. The fraction of sp³-hybridized carbons (Fsp3) is 0.0645. The summed E-state index contributed by atoms with van der Waals surface area (Å²) in [5.41, 5.74) is 5.35. The van der Waals surface area contributed by atoms with E-state index >= 15 is 0 Å². The molecule has 0 amide bonds. The Morgan fingerprint density at radius 3 is 2.44 bits per heavy atom. The van der Waals surface area contributed by atoms with Gasteiger partial charge in [0, 0.05) is 29.7 Å². The minimum atomic E-state index is -0.283. The fourth-order valence-corrected chi connectivity index (χ4v) is 4.40. The number of methoxy groups -OCH3 is 1. The Labute approximate surface area is 224 Å². The molecule has 0 aliphatic heterocycles. The topological polar surface area (TPSA) is 87.2 Å². The molecular formula is C31H24N6O2. The lowest BCUT2D eigenvalue weighted by molar-refractivity contribution is 0.416. The van der Waals surface area contributed by atoms with E-state index in [-0.39, 0.29) is 5.56 Å². The lowest BCUT2D eigenvalue weighted by Crippen LogP contribution is -2.20. The fourth-order valence-electron chi connectivity index (χ4n) is 4.40. The summed E-state index contributed by atoms with van der Waals surface area (Å²) in [6.45, 7) is 2.04.